The molecule has 1 amide bonds. The van der Waals surface area contributed by atoms with Crippen LogP contribution in [0.4, 0.5) is 5.69 Å². The number of carbonyl (C=O) groups excluding carboxylic acids is 1. The Labute approximate surface area is 180 Å². The summed E-state index contributed by atoms with van der Waals surface area (Å²) in [7, 11) is -3.65. The highest BCUT2D eigenvalue weighted by molar-refractivity contribution is 7.89. The van der Waals surface area contributed by atoms with Crippen molar-refractivity contribution in [3.05, 3.63) is 58.1 Å². The van der Waals surface area contributed by atoms with Crippen LogP contribution in [0.3, 0.4) is 0 Å². The Kier molecular flexibility index (Phi) is 5.72. The third-order valence-corrected chi connectivity index (χ3v) is 7.46. The minimum atomic E-state index is -3.65. The molecule has 1 aliphatic heterocycles. The van der Waals surface area contributed by atoms with Crippen molar-refractivity contribution in [3.8, 4) is 0 Å². The van der Waals surface area contributed by atoms with E-state index in [1.807, 2.05) is 32.0 Å². The number of hydrogen-bond donors (Lipinski definition) is 1. The van der Waals surface area contributed by atoms with Crippen molar-refractivity contribution in [1.82, 2.24) is 8.87 Å². The molecule has 0 atom stereocenters. The average Bonchev–Trinajstić information content (AvgIpc) is 3.05. The Hall–Kier alpha value is -2.91. The van der Waals surface area contributed by atoms with E-state index in [9.17, 15) is 18.0 Å². The van der Waals surface area contributed by atoms with Crippen LogP contribution in [0.5, 0.6) is 0 Å². The number of aromatic nitrogens is 1. The fourth-order valence-electron chi connectivity index (χ4n) is 3.82. The van der Waals surface area contributed by atoms with Crippen molar-refractivity contribution in [2.75, 3.05) is 18.4 Å². The number of sulfonamides is 1. The van der Waals surface area contributed by atoms with Crippen molar-refractivity contribution in [2.24, 2.45) is 0 Å². The van der Waals surface area contributed by atoms with E-state index in [0.717, 1.165) is 30.4 Å². The van der Waals surface area contributed by atoms with Gasteiger partial charge in [0.15, 0.2) is 5.58 Å². The number of anilines is 1. The second-order valence-electron chi connectivity index (χ2n) is 7.91. The molecule has 8 nitrogen and oxygen atoms in total. The summed E-state index contributed by atoms with van der Waals surface area (Å²) in [5, 5.41) is 2.82. The van der Waals surface area contributed by atoms with E-state index in [0.29, 0.717) is 24.3 Å². The quantitative estimate of drug-likeness (QED) is 0.653. The molecule has 1 aromatic heterocycles. The van der Waals surface area contributed by atoms with Gasteiger partial charge in [-0.05, 0) is 56.0 Å². The Bertz CT molecular complexity index is 1300. The molecule has 2 heterocycles. The van der Waals surface area contributed by atoms with Gasteiger partial charge in [-0.1, -0.05) is 18.6 Å². The summed E-state index contributed by atoms with van der Waals surface area (Å²) in [6.45, 7) is 4.56. The van der Waals surface area contributed by atoms with E-state index >= 15 is 0 Å². The summed E-state index contributed by atoms with van der Waals surface area (Å²) < 4.78 is 33.7. The predicted molar refractivity (Wildman–Crippen MR) is 118 cm³/mol. The number of oxazole rings is 1. The van der Waals surface area contributed by atoms with Gasteiger partial charge in [0, 0.05) is 24.8 Å². The zero-order valence-electron chi connectivity index (χ0n) is 17.6. The number of aryl methyl sites for hydroxylation is 2. The number of piperidine rings is 1. The van der Waals surface area contributed by atoms with Crippen LogP contribution in [-0.4, -0.2) is 36.3 Å². The number of fused-ring (bicyclic) bond motifs is 1. The minimum Gasteiger partial charge on any atom is -0.408 e. The molecule has 0 spiro atoms. The molecule has 31 heavy (non-hydrogen) atoms. The van der Waals surface area contributed by atoms with Crippen molar-refractivity contribution in [1.29, 1.82) is 0 Å². The maximum Gasteiger partial charge on any atom is 0.420 e. The number of benzene rings is 2. The molecular formula is C22H25N3O5S. The molecule has 9 heteroatoms. The lowest BCUT2D eigenvalue weighted by molar-refractivity contribution is -0.116. The first-order valence-corrected chi connectivity index (χ1v) is 11.7. The van der Waals surface area contributed by atoms with Crippen LogP contribution < -0.4 is 11.1 Å². The molecular weight excluding hydrogens is 418 g/mol. The monoisotopic (exact) mass is 443 g/mol. The number of nitrogens with one attached hydrogen (secondary N) is 1. The van der Waals surface area contributed by atoms with Crippen molar-refractivity contribution in [2.45, 2.75) is 44.6 Å². The molecule has 1 fully saturated rings. The van der Waals surface area contributed by atoms with Crippen molar-refractivity contribution in [3.63, 3.8) is 0 Å². The highest BCUT2D eigenvalue weighted by atomic mass is 32.2. The Morgan fingerprint density at radius 3 is 2.55 bits per heavy atom. The molecule has 0 bridgehead atoms. The lowest BCUT2D eigenvalue weighted by atomic mass is 10.1. The highest BCUT2D eigenvalue weighted by Gasteiger charge is 2.27. The summed E-state index contributed by atoms with van der Waals surface area (Å²) in [6, 6.07) is 10.1. The maximum absolute atomic E-state index is 12.9. The Morgan fingerprint density at radius 2 is 1.81 bits per heavy atom. The SMILES string of the molecule is Cc1ccc(C)c(NC(=O)Cn2c(=O)oc3cc(S(=O)(=O)N4CCCCC4)ccc32)c1. The highest BCUT2D eigenvalue weighted by Crippen LogP contribution is 2.24. The van der Waals surface area contributed by atoms with E-state index < -0.39 is 15.8 Å². The molecule has 0 radical (unpaired) electrons. The van der Waals surface area contributed by atoms with Gasteiger partial charge in [-0.3, -0.25) is 9.36 Å². The molecule has 3 aromatic rings. The largest absolute Gasteiger partial charge is 0.420 e. The maximum atomic E-state index is 12.9. The predicted octanol–water partition coefficient (Wildman–Crippen LogP) is 3.02. The molecule has 1 N–H and O–H groups in total. The molecule has 164 valence electrons. The number of amides is 1. The second kappa shape index (κ2) is 8.32. The zero-order chi connectivity index (χ0) is 22.2. The van der Waals surface area contributed by atoms with Gasteiger partial charge in [0.25, 0.3) is 0 Å². The van der Waals surface area contributed by atoms with Crippen LogP contribution in [-0.2, 0) is 21.4 Å². The lowest BCUT2D eigenvalue weighted by Crippen LogP contribution is -2.35. The van der Waals surface area contributed by atoms with Crippen LogP contribution in [0.15, 0.2) is 50.5 Å². The van der Waals surface area contributed by atoms with Gasteiger partial charge in [-0.15, -0.1) is 0 Å². The average molecular weight is 444 g/mol. The first-order valence-electron chi connectivity index (χ1n) is 10.3. The van der Waals surface area contributed by atoms with Gasteiger partial charge >= 0.3 is 5.76 Å². The molecule has 1 saturated heterocycles. The fraction of sp³-hybridized carbons (Fsp3) is 0.364. The van der Waals surface area contributed by atoms with Gasteiger partial charge in [-0.25, -0.2) is 13.2 Å². The number of hydrogen-bond acceptors (Lipinski definition) is 5. The van der Waals surface area contributed by atoms with E-state index in [1.54, 1.807) is 0 Å². The summed E-state index contributed by atoms with van der Waals surface area (Å²) in [5.74, 6) is -1.08. The third-order valence-electron chi connectivity index (χ3n) is 5.56. The minimum absolute atomic E-state index is 0.0858. The molecule has 4 rings (SSSR count). The first kappa shape index (κ1) is 21.3. The zero-order valence-corrected chi connectivity index (χ0v) is 18.4. The molecule has 2 aromatic carbocycles. The number of carbonyl (C=O) groups is 1. The summed E-state index contributed by atoms with van der Waals surface area (Å²) in [5.41, 5.74) is 3.12. The van der Waals surface area contributed by atoms with Gasteiger partial charge in [-0.2, -0.15) is 4.31 Å². The Balaban J connectivity index is 1.59. The van der Waals surface area contributed by atoms with E-state index in [2.05, 4.69) is 5.32 Å². The van der Waals surface area contributed by atoms with E-state index in [-0.39, 0.29) is 22.9 Å². The normalized spacial score (nSPS) is 15.3. The first-order chi connectivity index (χ1) is 14.8. The molecule has 0 aliphatic carbocycles. The molecule has 0 saturated carbocycles. The third kappa shape index (κ3) is 4.28. The summed E-state index contributed by atoms with van der Waals surface area (Å²) >= 11 is 0. The fourth-order valence-corrected chi connectivity index (χ4v) is 5.35. The summed E-state index contributed by atoms with van der Waals surface area (Å²) in [6.07, 6.45) is 2.69. The molecule has 0 unspecified atom stereocenters. The van der Waals surface area contributed by atoms with Gasteiger partial charge in [0.1, 0.15) is 6.54 Å². The van der Waals surface area contributed by atoms with Crippen molar-refractivity contribution >= 4 is 32.7 Å². The summed E-state index contributed by atoms with van der Waals surface area (Å²) in [4.78, 5) is 25.0. The topological polar surface area (TPSA) is 102 Å². The van der Waals surface area contributed by atoms with Gasteiger partial charge in [0.05, 0.1) is 10.4 Å². The van der Waals surface area contributed by atoms with E-state index in [4.69, 9.17) is 4.42 Å². The Morgan fingerprint density at radius 1 is 1.06 bits per heavy atom. The smallest absolute Gasteiger partial charge is 0.408 e. The van der Waals surface area contributed by atoms with Crippen LogP contribution in [0.1, 0.15) is 30.4 Å². The standard InChI is InChI=1S/C22H25N3O5S/c1-15-6-7-16(2)18(12-15)23-21(26)14-25-19-9-8-17(13-20(19)30-22(25)27)31(28,29)24-10-4-3-5-11-24/h6-9,12-13H,3-5,10-11,14H2,1-2H3,(H,23,26). The molecule has 1 aliphatic rings. The van der Waals surface area contributed by atoms with Gasteiger partial charge in [0.2, 0.25) is 15.9 Å². The van der Waals surface area contributed by atoms with Crippen LogP contribution in [0, 0.1) is 13.8 Å². The van der Waals surface area contributed by atoms with E-state index in [1.165, 1.54) is 27.1 Å². The van der Waals surface area contributed by atoms with Crippen molar-refractivity contribution < 1.29 is 17.6 Å². The number of nitrogens with zero attached hydrogens (tertiary/aromatic N) is 2. The van der Waals surface area contributed by atoms with Crippen LogP contribution >= 0.6 is 0 Å². The number of rotatable bonds is 5. The van der Waals surface area contributed by atoms with Crippen LogP contribution in [0.25, 0.3) is 11.1 Å². The van der Waals surface area contributed by atoms with Crippen LogP contribution in [0.2, 0.25) is 0 Å². The lowest BCUT2D eigenvalue weighted by Gasteiger charge is -2.25. The van der Waals surface area contributed by atoms with Gasteiger partial charge < -0.3 is 9.73 Å². The second-order valence-corrected chi connectivity index (χ2v) is 9.85.